The highest BCUT2D eigenvalue weighted by Crippen LogP contribution is 2.45. The first-order valence-corrected chi connectivity index (χ1v) is 17.0. The molecule has 3 rings (SSSR count). The van der Waals surface area contributed by atoms with Crippen LogP contribution in [-0.2, 0) is 17.8 Å². The molecule has 2 aromatic rings. The van der Waals surface area contributed by atoms with Crippen molar-refractivity contribution >= 4 is 11.6 Å². The third kappa shape index (κ3) is 10.5. The van der Waals surface area contributed by atoms with Crippen molar-refractivity contribution in [2.45, 2.75) is 145 Å². The summed E-state index contributed by atoms with van der Waals surface area (Å²) < 4.78 is 12.9. The Hall–Kier alpha value is -2.69. The summed E-state index contributed by atoms with van der Waals surface area (Å²) in [6.07, 6.45) is 13.9. The number of fused-ring (bicyclic) bond motifs is 1. The van der Waals surface area contributed by atoms with Crippen molar-refractivity contribution < 1.29 is 19.4 Å². The van der Waals surface area contributed by atoms with Gasteiger partial charge < -0.3 is 19.9 Å². The van der Waals surface area contributed by atoms with Gasteiger partial charge in [0, 0.05) is 23.2 Å². The van der Waals surface area contributed by atoms with Crippen molar-refractivity contribution in [2.75, 3.05) is 5.32 Å². The van der Waals surface area contributed by atoms with Crippen LogP contribution in [0.4, 0.5) is 5.69 Å². The molecule has 2 aromatic carbocycles. The molecule has 1 heterocycles. The molecule has 1 aliphatic heterocycles. The molecule has 5 nitrogen and oxygen atoms in total. The van der Waals surface area contributed by atoms with Crippen LogP contribution in [0.25, 0.3) is 0 Å². The third-order valence-electron chi connectivity index (χ3n) is 9.55. The van der Waals surface area contributed by atoms with Gasteiger partial charge in [0.2, 0.25) is 5.91 Å². The van der Waals surface area contributed by atoms with Gasteiger partial charge in [-0.05, 0) is 99.6 Å². The summed E-state index contributed by atoms with van der Waals surface area (Å²) in [6, 6.07) is 7.37. The summed E-state index contributed by atoms with van der Waals surface area (Å²) in [5.41, 5.74) is 4.31. The maximum atomic E-state index is 11.7. The van der Waals surface area contributed by atoms with Gasteiger partial charge >= 0.3 is 0 Å². The van der Waals surface area contributed by atoms with Crippen LogP contribution >= 0.6 is 0 Å². The molecule has 2 N–H and O–H groups in total. The minimum absolute atomic E-state index is 0.0187. The maximum absolute atomic E-state index is 11.7. The molecule has 1 amide bonds. The maximum Gasteiger partial charge on any atom is 0.224 e. The first-order valence-electron chi connectivity index (χ1n) is 17.0. The number of amides is 1. The van der Waals surface area contributed by atoms with E-state index < -0.39 is 0 Å². The lowest BCUT2D eigenvalue weighted by atomic mass is 9.83. The van der Waals surface area contributed by atoms with Gasteiger partial charge in [-0.2, -0.15) is 0 Å². The lowest BCUT2D eigenvalue weighted by Crippen LogP contribution is -2.37. The topological polar surface area (TPSA) is 67.8 Å². The molecule has 43 heavy (non-hydrogen) atoms. The Morgan fingerprint density at radius 1 is 0.953 bits per heavy atom. The van der Waals surface area contributed by atoms with Gasteiger partial charge in [-0.3, -0.25) is 4.79 Å². The van der Waals surface area contributed by atoms with Crippen molar-refractivity contribution in [1.82, 2.24) is 0 Å². The van der Waals surface area contributed by atoms with Crippen LogP contribution in [0, 0.1) is 31.6 Å². The van der Waals surface area contributed by atoms with E-state index in [2.05, 4.69) is 46.9 Å². The number of hydrogen-bond donors (Lipinski definition) is 2. The lowest BCUT2D eigenvalue weighted by Gasteiger charge is -2.38. The van der Waals surface area contributed by atoms with Gasteiger partial charge in [-0.15, -0.1) is 0 Å². The number of benzene rings is 2. The van der Waals surface area contributed by atoms with Crippen LogP contribution in [0.3, 0.4) is 0 Å². The molecule has 0 saturated heterocycles. The molecule has 1 aliphatic rings. The SMILES string of the molecule is CCC(=O)Nc1ccc(OCc2c(O)c(C)c(C)c3c2CCC(C)(CCCC(C)CCCC(C)CCCC(C)C)O3)cc1. The average Bonchev–Trinajstić information content (AvgIpc) is 2.96. The van der Waals surface area contributed by atoms with E-state index in [-0.39, 0.29) is 18.1 Å². The van der Waals surface area contributed by atoms with Crippen molar-refractivity contribution in [3.63, 3.8) is 0 Å². The molecule has 3 atom stereocenters. The normalized spacial score (nSPS) is 17.7. The molecule has 0 aromatic heterocycles. The zero-order chi connectivity index (χ0) is 31.6. The second-order valence-corrected chi connectivity index (χ2v) is 14.0. The van der Waals surface area contributed by atoms with Crippen molar-refractivity contribution in [2.24, 2.45) is 17.8 Å². The molecule has 0 saturated carbocycles. The number of aromatic hydroxyl groups is 1. The Morgan fingerprint density at radius 2 is 1.56 bits per heavy atom. The van der Waals surface area contributed by atoms with Crippen LogP contribution in [0.15, 0.2) is 24.3 Å². The number of carbonyl (C=O) groups is 1. The van der Waals surface area contributed by atoms with Crippen molar-refractivity contribution in [3.8, 4) is 17.2 Å². The largest absolute Gasteiger partial charge is 0.507 e. The first kappa shape index (κ1) is 34.8. The summed E-state index contributed by atoms with van der Waals surface area (Å²) in [7, 11) is 0. The number of carbonyl (C=O) groups excluding carboxylic acids is 1. The molecule has 0 spiro atoms. The molecular weight excluding hydrogens is 534 g/mol. The molecular formula is C38H59NO4. The predicted molar refractivity (Wildman–Crippen MR) is 179 cm³/mol. The van der Waals surface area contributed by atoms with Crippen LogP contribution in [0.1, 0.15) is 134 Å². The van der Waals surface area contributed by atoms with Gasteiger partial charge in [-0.1, -0.05) is 79.6 Å². The highest BCUT2D eigenvalue weighted by atomic mass is 16.5. The summed E-state index contributed by atoms with van der Waals surface area (Å²) in [5, 5.41) is 14.0. The average molecular weight is 594 g/mol. The minimum atomic E-state index is -0.192. The van der Waals surface area contributed by atoms with E-state index in [0.29, 0.717) is 17.9 Å². The predicted octanol–water partition coefficient (Wildman–Crippen LogP) is 10.5. The highest BCUT2D eigenvalue weighted by molar-refractivity contribution is 5.90. The van der Waals surface area contributed by atoms with Gasteiger partial charge in [0.25, 0.3) is 0 Å². The summed E-state index contributed by atoms with van der Waals surface area (Å²) in [6.45, 7) is 17.9. The van der Waals surface area contributed by atoms with Crippen LogP contribution in [0.2, 0.25) is 0 Å². The summed E-state index contributed by atoms with van der Waals surface area (Å²) >= 11 is 0. The van der Waals surface area contributed by atoms with Crippen molar-refractivity contribution in [1.29, 1.82) is 0 Å². The van der Waals surface area contributed by atoms with E-state index in [0.717, 1.165) is 70.7 Å². The van der Waals surface area contributed by atoms with E-state index in [1.54, 1.807) is 0 Å². The fourth-order valence-electron chi connectivity index (χ4n) is 6.34. The van der Waals surface area contributed by atoms with Crippen LogP contribution < -0.4 is 14.8 Å². The number of hydrogen-bond acceptors (Lipinski definition) is 4. The lowest BCUT2D eigenvalue weighted by molar-refractivity contribution is -0.115. The number of anilines is 1. The van der Waals surface area contributed by atoms with Gasteiger partial charge in [0.05, 0.1) is 0 Å². The second-order valence-electron chi connectivity index (χ2n) is 14.0. The fraction of sp³-hybridized carbons (Fsp3) is 0.658. The summed E-state index contributed by atoms with van der Waals surface area (Å²) in [4.78, 5) is 11.7. The quantitative estimate of drug-likeness (QED) is 0.191. The van der Waals surface area contributed by atoms with E-state index >= 15 is 0 Å². The summed E-state index contributed by atoms with van der Waals surface area (Å²) in [5.74, 6) is 4.33. The van der Waals surface area contributed by atoms with Crippen LogP contribution in [0.5, 0.6) is 17.2 Å². The number of rotatable bonds is 17. The molecule has 0 fully saturated rings. The van der Waals surface area contributed by atoms with E-state index in [1.807, 2.05) is 38.1 Å². The Labute approximate surface area is 262 Å². The van der Waals surface area contributed by atoms with E-state index in [4.69, 9.17) is 9.47 Å². The molecule has 0 bridgehead atoms. The third-order valence-corrected chi connectivity index (χ3v) is 9.55. The Kier molecular flexibility index (Phi) is 13.3. The standard InChI is InChI=1S/C38H59NO4/c1-9-35(40)39-31-18-20-32(21-19-31)42-25-34-33-22-24-38(8,43-37(33)30(7)29(6)36(34)41)23-12-17-28(5)16-11-15-27(4)14-10-13-26(2)3/h18-21,26-28,41H,9-17,22-25H2,1-8H3,(H,39,40). The zero-order valence-electron chi connectivity index (χ0n) is 28.4. The smallest absolute Gasteiger partial charge is 0.224 e. The Balaban J connectivity index is 1.53. The zero-order valence-corrected chi connectivity index (χ0v) is 28.4. The first-order chi connectivity index (χ1) is 20.4. The van der Waals surface area contributed by atoms with E-state index in [1.165, 1.54) is 51.4 Å². The number of phenols is 1. The Bertz CT molecular complexity index is 1170. The van der Waals surface area contributed by atoms with Gasteiger partial charge in [0.1, 0.15) is 29.5 Å². The molecule has 0 aliphatic carbocycles. The molecule has 3 unspecified atom stereocenters. The monoisotopic (exact) mass is 593 g/mol. The number of ether oxygens (including phenoxy) is 2. The van der Waals surface area contributed by atoms with Crippen LogP contribution in [-0.4, -0.2) is 16.6 Å². The number of nitrogens with one attached hydrogen (secondary N) is 1. The minimum Gasteiger partial charge on any atom is -0.507 e. The van der Waals surface area contributed by atoms with E-state index in [9.17, 15) is 9.90 Å². The van der Waals surface area contributed by atoms with Gasteiger partial charge in [-0.25, -0.2) is 0 Å². The Morgan fingerprint density at radius 3 is 2.16 bits per heavy atom. The van der Waals surface area contributed by atoms with Crippen molar-refractivity contribution in [3.05, 3.63) is 46.5 Å². The molecule has 0 radical (unpaired) electrons. The highest BCUT2D eigenvalue weighted by Gasteiger charge is 2.35. The van der Waals surface area contributed by atoms with Gasteiger partial charge in [0.15, 0.2) is 0 Å². The second kappa shape index (κ2) is 16.4. The fourth-order valence-corrected chi connectivity index (χ4v) is 6.34. The molecule has 5 heteroatoms. The number of phenolic OH excluding ortho intramolecular Hbond substituents is 1. The molecule has 240 valence electrons.